The number of hydrogen-bond acceptors (Lipinski definition) is 3. The third-order valence-corrected chi connectivity index (χ3v) is 6.41. The number of aryl methyl sites for hydroxylation is 1. The summed E-state index contributed by atoms with van der Waals surface area (Å²) in [4.78, 5) is 0.340. The molecule has 1 aromatic carbocycles. The highest BCUT2D eigenvalue weighted by Crippen LogP contribution is 2.20. The lowest BCUT2D eigenvalue weighted by molar-refractivity contribution is 0.555. The van der Waals surface area contributed by atoms with E-state index in [1.807, 2.05) is 35.0 Å². The highest BCUT2D eigenvalue weighted by Gasteiger charge is 2.28. The van der Waals surface area contributed by atoms with E-state index in [0.717, 1.165) is 16.5 Å². The molecule has 0 aliphatic carbocycles. The van der Waals surface area contributed by atoms with E-state index in [-0.39, 0.29) is 5.75 Å². The Morgan fingerprint density at radius 3 is 2.52 bits per heavy atom. The zero-order valence-electron chi connectivity index (χ0n) is 12.5. The Hall–Kier alpha value is -1.40. The molecule has 0 aliphatic heterocycles. The lowest BCUT2D eigenvalue weighted by atomic mass is 10.1. The molecule has 114 valence electrons. The van der Waals surface area contributed by atoms with Crippen molar-refractivity contribution in [1.29, 1.82) is 0 Å². The molecule has 0 unspecified atom stereocenters. The highest BCUT2D eigenvalue weighted by molar-refractivity contribution is 7.92. The minimum Gasteiger partial charge on any atom is -0.389 e. The third kappa shape index (κ3) is 3.27. The molecule has 0 radical (unpaired) electrons. The normalized spacial score (nSPS) is 12.7. The SMILES string of the molecule is CC(C)(C)S(=O)(=O)CCn1ccc2ccc(C(N)=S)cc21. The first-order valence-corrected chi connectivity index (χ1v) is 8.79. The molecular formula is C15H20N2O2S2. The van der Waals surface area contributed by atoms with Crippen LogP contribution in [-0.2, 0) is 16.4 Å². The first-order valence-electron chi connectivity index (χ1n) is 6.73. The molecule has 0 aliphatic rings. The van der Waals surface area contributed by atoms with Crippen LogP contribution in [0.3, 0.4) is 0 Å². The average Bonchev–Trinajstić information content (AvgIpc) is 2.77. The summed E-state index contributed by atoms with van der Waals surface area (Å²) >= 11 is 4.99. The summed E-state index contributed by atoms with van der Waals surface area (Å²) in [6.07, 6.45) is 1.90. The molecular weight excluding hydrogens is 304 g/mol. The van der Waals surface area contributed by atoms with Gasteiger partial charge in [0.25, 0.3) is 0 Å². The van der Waals surface area contributed by atoms with E-state index in [1.165, 1.54) is 0 Å². The summed E-state index contributed by atoms with van der Waals surface area (Å²) in [6, 6.07) is 7.68. The summed E-state index contributed by atoms with van der Waals surface area (Å²) in [7, 11) is -3.14. The van der Waals surface area contributed by atoms with Crippen LogP contribution in [0.15, 0.2) is 30.5 Å². The average molecular weight is 324 g/mol. The van der Waals surface area contributed by atoms with E-state index in [9.17, 15) is 8.42 Å². The molecule has 0 amide bonds. The van der Waals surface area contributed by atoms with Gasteiger partial charge >= 0.3 is 0 Å². The smallest absolute Gasteiger partial charge is 0.156 e. The van der Waals surface area contributed by atoms with Crippen LogP contribution in [0.25, 0.3) is 10.9 Å². The molecule has 0 spiro atoms. The van der Waals surface area contributed by atoms with Gasteiger partial charge in [0.05, 0.1) is 10.5 Å². The largest absolute Gasteiger partial charge is 0.389 e. The van der Waals surface area contributed by atoms with Gasteiger partial charge in [-0.3, -0.25) is 0 Å². The van der Waals surface area contributed by atoms with Crippen molar-refractivity contribution in [2.75, 3.05) is 5.75 Å². The Balaban J connectivity index is 2.31. The maximum atomic E-state index is 12.2. The van der Waals surface area contributed by atoms with Gasteiger partial charge in [0.1, 0.15) is 4.99 Å². The quantitative estimate of drug-likeness (QED) is 0.878. The first kappa shape index (κ1) is 16.0. The van der Waals surface area contributed by atoms with Gasteiger partial charge < -0.3 is 10.3 Å². The lowest BCUT2D eigenvalue weighted by Gasteiger charge is -2.19. The predicted molar refractivity (Wildman–Crippen MR) is 91.4 cm³/mol. The van der Waals surface area contributed by atoms with E-state index in [2.05, 4.69) is 0 Å². The number of benzene rings is 1. The van der Waals surface area contributed by atoms with Crippen molar-refractivity contribution < 1.29 is 8.42 Å². The predicted octanol–water partition coefficient (Wildman–Crippen LogP) is 2.49. The maximum Gasteiger partial charge on any atom is 0.156 e. The summed E-state index contributed by atoms with van der Waals surface area (Å²) < 4.78 is 25.6. The monoisotopic (exact) mass is 324 g/mol. The van der Waals surface area contributed by atoms with E-state index in [1.54, 1.807) is 20.8 Å². The fraction of sp³-hybridized carbons (Fsp3) is 0.400. The molecule has 2 rings (SSSR count). The Morgan fingerprint density at radius 2 is 1.95 bits per heavy atom. The van der Waals surface area contributed by atoms with Crippen LogP contribution in [0, 0.1) is 0 Å². The second-order valence-electron chi connectivity index (χ2n) is 6.08. The number of hydrogen-bond donors (Lipinski definition) is 1. The molecule has 1 heterocycles. The van der Waals surface area contributed by atoms with Crippen LogP contribution in [-0.4, -0.2) is 28.5 Å². The fourth-order valence-electron chi connectivity index (χ4n) is 2.06. The van der Waals surface area contributed by atoms with Crippen molar-refractivity contribution in [2.24, 2.45) is 5.73 Å². The van der Waals surface area contributed by atoms with Gasteiger partial charge in [-0.15, -0.1) is 0 Å². The highest BCUT2D eigenvalue weighted by atomic mass is 32.2. The summed E-state index contributed by atoms with van der Waals surface area (Å²) in [5.74, 6) is 0.109. The first-order chi connectivity index (χ1) is 9.62. The Kier molecular flexibility index (Phi) is 4.13. The molecule has 0 saturated carbocycles. The van der Waals surface area contributed by atoms with Crippen LogP contribution >= 0.6 is 12.2 Å². The van der Waals surface area contributed by atoms with Gasteiger partial charge in [-0.05, 0) is 38.3 Å². The number of aromatic nitrogens is 1. The van der Waals surface area contributed by atoms with Crippen LogP contribution < -0.4 is 5.73 Å². The number of nitrogens with zero attached hydrogens (tertiary/aromatic N) is 1. The summed E-state index contributed by atoms with van der Waals surface area (Å²) in [5.41, 5.74) is 7.39. The number of sulfone groups is 1. The second kappa shape index (κ2) is 5.42. The minimum atomic E-state index is -3.14. The standard InChI is InChI=1S/C15H20N2O2S2/c1-15(2,3)21(18,19)9-8-17-7-6-11-4-5-12(14(16)20)10-13(11)17/h4-7,10H,8-9H2,1-3H3,(H2,16,20). The molecule has 21 heavy (non-hydrogen) atoms. The van der Waals surface area contributed by atoms with Crippen molar-refractivity contribution in [3.63, 3.8) is 0 Å². The molecule has 4 nitrogen and oxygen atoms in total. The van der Waals surface area contributed by atoms with Gasteiger partial charge in [0.15, 0.2) is 9.84 Å². The molecule has 0 saturated heterocycles. The molecule has 0 bridgehead atoms. The molecule has 6 heteroatoms. The van der Waals surface area contributed by atoms with Gasteiger partial charge in [0.2, 0.25) is 0 Å². The number of fused-ring (bicyclic) bond motifs is 1. The lowest BCUT2D eigenvalue weighted by Crippen LogP contribution is -2.31. The van der Waals surface area contributed by atoms with E-state index in [4.69, 9.17) is 18.0 Å². The third-order valence-electron chi connectivity index (χ3n) is 3.59. The van der Waals surface area contributed by atoms with E-state index < -0.39 is 14.6 Å². The van der Waals surface area contributed by atoms with Crippen molar-refractivity contribution in [2.45, 2.75) is 32.1 Å². The number of rotatable bonds is 4. The van der Waals surface area contributed by atoms with Crippen LogP contribution in [0.4, 0.5) is 0 Å². The minimum absolute atomic E-state index is 0.109. The summed E-state index contributed by atoms with van der Waals surface area (Å²) in [5, 5.41) is 1.04. The van der Waals surface area contributed by atoms with Gasteiger partial charge in [-0.25, -0.2) is 8.42 Å². The second-order valence-corrected chi connectivity index (χ2v) is 9.38. The Morgan fingerprint density at radius 1 is 1.29 bits per heavy atom. The van der Waals surface area contributed by atoms with Crippen molar-refractivity contribution in [1.82, 2.24) is 4.57 Å². The molecule has 2 N–H and O–H groups in total. The fourth-order valence-corrected chi connectivity index (χ4v) is 3.23. The molecule has 0 atom stereocenters. The van der Waals surface area contributed by atoms with Crippen LogP contribution in [0.5, 0.6) is 0 Å². The van der Waals surface area contributed by atoms with Gasteiger partial charge in [0, 0.05) is 23.8 Å². The maximum absolute atomic E-state index is 12.2. The topological polar surface area (TPSA) is 65.1 Å². The Bertz CT molecular complexity index is 784. The van der Waals surface area contributed by atoms with Crippen molar-refractivity contribution in [3.8, 4) is 0 Å². The van der Waals surface area contributed by atoms with Gasteiger partial charge in [-0.1, -0.05) is 24.4 Å². The van der Waals surface area contributed by atoms with Crippen molar-refractivity contribution >= 4 is 37.9 Å². The number of nitrogens with two attached hydrogens (primary N) is 1. The van der Waals surface area contributed by atoms with Crippen LogP contribution in [0.1, 0.15) is 26.3 Å². The summed E-state index contributed by atoms with van der Waals surface area (Å²) in [6.45, 7) is 5.59. The van der Waals surface area contributed by atoms with Gasteiger partial charge in [-0.2, -0.15) is 0 Å². The zero-order chi connectivity index (χ0) is 15.8. The zero-order valence-corrected chi connectivity index (χ0v) is 14.1. The molecule has 2 aromatic rings. The molecule has 1 aromatic heterocycles. The molecule has 0 fully saturated rings. The van der Waals surface area contributed by atoms with Crippen LogP contribution in [0.2, 0.25) is 0 Å². The Labute approximate surface area is 130 Å². The van der Waals surface area contributed by atoms with Crippen molar-refractivity contribution in [3.05, 3.63) is 36.0 Å². The van der Waals surface area contributed by atoms with E-state index in [0.29, 0.717) is 11.5 Å². The van der Waals surface area contributed by atoms with E-state index >= 15 is 0 Å². The number of thiocarbonyl (C=S) groups is 1.